The number of rotatable bonds is 2. The first kappa shape index (κ1) is 15.6. The number of piperidine rings is 1. The van der Waals surface area contributed by atoms with Crippen molar-refractivity contribution in [1.29, 1.82) is 0 Å². The summed E-state index contributed by atoms with van der Waals surface area (Å²) in [5, 5.41) is 3.39. The molecule has 3 nitrogen and oxygen atoms in total. The molecule has 1 atom stereocenters. The van der Waals surface area contributed by atoms with Crippen LogP contribution < -0.4 is 5.32 Å². The van der Waals surface area contributed by atoms with E-state index >= 15 is 0 Å². The van der Waals surface area contributed by atoms with Gasteiger partial charge in [0.15, 0.2) is 0 Å². The molecule has 0 aromatic heterocycles. The average Bonchev–Trinajstić information content (AvgIpc) is 2.46. The monoisotopic (exact) mass is 312 g/mol. The fourth-order valence-electron chi connectivity index (χ4n) is 6.03. The molecule has 1 N–H and O–H groups in total. The van der Waals surface area contributed by atoms with Crippen molar-refractivity contribution >= 4 is 18.3 Å². The number of amides is 1. The summed E-state index contributed by atoms with van der Waals surface area (Å²) >= 11 is 0. The molecule has 0 radical (unpaired) electrons. The summed E-state index contributed by atoms with van der Waals surface area (Å²) in [6.45, 7) is 1.99. The lowest BCUT2D eigenvalue weighted by Crippen LogP contribution is -2.57. The number of hydrogen-bond donors (Lipinski definition) is 1. The second-order valence-electron chi connectivity index (χ2n) is 7.91. The number of nitrogens with one attached hydrogen (secondary N) is 1. The van der Waals surface area contributed by atoms with Gasteiger partial charge in [0, 0.05) is 19.6 Å². The Kier molecular flexibility index (Phi) is 4.52. The summed E-state index contributed by atoms with van der Waals surface area (Å²) in [7, 11) is 2.10. The first-order chi connectivity index (χ1) is 9.72. The predicted molar refractivity (Wildman–Crippen MR) is 86.4 cm³/mol. The standard InChI is InChI=1S/C17H28N2O.ClH/c1-19(17(20)13-3-2-4-18-10-13)16-14-6-11-5-12(8-14)9-15(16)7-11;/h11-16,18H,2-10H2,1H3;1H. The molecule has 5 aliphatic rings. The summed E-state index contributed by atoms with van der Waals surface area (Å²) < 4.78 is 0. The van der Waals surface area contributed by atoms with E-state index in [1.165, 1.54) is 32.1 Å². The number of nitrogens with zero attached hydrogens (tertiary/aromatic N) is 1. The van der Waals surface area contributed by atoms with Crippen LogP contribution in [0.5, 0.6) is 0 Å². The molecular weight excluding hydrogens is 284 g/mol. The van der Waals surface area contributed by atoms with Crippen LogP contribution in [0.15, 0.2) is 0 Å². The SMILES string of the molecule is CN(C(=O)C1CCCNC1)C1C2CC3CC(C2)CC1C3.Cl. The Bertz CT molecular complexity index is 366. The van der Waals surface area contributed by atoms with Crippen LogP contribution in [0, 0.1) is 29.6 Å². The van der Waals surface area contributed by atoms with Crippen LogP contribution in [-0.2, 0) is 4.79 Å². The molecule has 1 aliphatic heterocycles. The lowest BCUT2D eigenvalue weighted by molar-refractivity contribution is -0.145. The minimum absolute atomic E-state index is 0. The summed E-state index contributed by atoms with van der Waals surface area (Å²) in [4.78, 5) is 15.0. The Hall–Kier alpha value is -0.280. The molecule has 5 rings (SSSR count). The van der Waals surface area contributed by atoms with E-state index < -0.39 is 0 Å². The lowest BCUT2D eigenvalue weighted by atomic mass is 9.54. The van der Waals surface area contributed by atoms with Gasteiger partial charge < -0.3 is 10.2 Å². The highest BCUT2D eigenvalue weighted by Gasteiger charge is 2.50. The summed E-state index contributed by atoms with van der Waals surface area (Å²) in [5.74, 6) is 4.29. The maximum atomic E-state index is 12.8. The van der Waals surface area contributed by atoms with E-state index in [9.17, 15) is 4.79 Å². The molecule has 1 unspecified atom stereocenters. The normalized spacial score (nSPS) is 44.2. The largest absolute Gasteiger partial charge is 0.342 e. The van der Waals surface area contributed by atoms with Gasteiger partial charge in [-0.25, -0.2) is 0 Å². The first-order valence-electron chi connectivity index (χ1n) is 8.69. The fourth-order valence-corrected chi connectivity index (χ4v) is 6.03. The van der Waals surface area contributed by atoms with E-state index in [0.29, 0.717) is 11.9 Å². The highest BCUT2D eigenvalue weighted by Crippen LogP contribution is 2.55. The third-order valence-electron chi connectivity index (χ3n) is 6.62. The first-order valence-corrected chi connectivity index (χ1v) is 8.69. The zero-order valence-electron chi connectivity index (χ0n) is 13.1. The zero-order chi connectivity index (χ0) is 13.7. The van der Waals surface area contributed by atoms with Gasteiger partial charge in [-0.15, -0.1) is 12.4 Å². The molecule has 5 fully saturated rings. The molecule has 4 aliphatic carbocycles. The molecule has 0 spiro atoms. The maximum absolute atomic E-state index is 12.8. The summed E-state index contributed by atoms with van der Waals surface area (Å²) in [6, 6.07) is 0.567. The van der Waals surface area contributed by atoms with E-state index in [4.69, 9.17) is 0 Å². The highest BCUT2D eigenvalue weighted by molar-refractivity contribution is 5.85. The van der Waals surface area contributed by atoms with Crippen LogP contribution in [-0.4, -0.2) is 37.0 Å². The van der Waals surface area contributed by atoms with Crippen LogP contribution in [0.25, 0.3) is 0 Å². The van der Waals surface area contributed by atoms with Crippen molar-refractivity contribution in [1.82, 2.24) is 10.2 Å². The molecule has 1 heterocycles. The van der Waals surface area contributed by atoms with E-state index in [1.807, 2.05) is 0 Å². The van der Waals surface area contributed by atoms with Crippen LogP contribution in [0.3, 0.4) is 0 Å². The van der Waals surface area contributed by atoms with Gasteiger partial charge in [-0.1, -0.05) is 0 Å². The van der Waals surface area contributed by atoms with E-state index in [0.717, 1.165) is 49.6 Å². The highest BCUT2D eigenvalue weighted by atomic mass is 35.5. The minimum Gasteiger partial charge on any atom is -0.342 e. The molecule has 0 aromatic rings. The predicted octanol–water partition coefficient (Wildman–Crippen LogP) is 2.69. The Morgan fingerprint density at radius 2 is 1.67 bits per heavy atom. The quantitative estimate of drug-likeness (QED) is 0.850. The third kappa shape index (κ3) is 2.72. The molecule has 4 bridgehead atoms. The Morgan fingerprint density at radius 3 is 2.19 bits per heavy atom. The van der Waals surface area contributed by atoms with Gasteiger partial charge in [-0.05, 0) is 75.2 Å². The van der Waals surface area contributed by atoms with Gasteiger partial charge in [-0.2, -0.15) is 0 Å². The van der Waals surface area contributed by atoms with Gasteiger partial charge in [0.25, 0.3) is 0 Å². The summed E-state index contributed by atoms with van der Waals surface area (Å²) in [5.41, 5.74) is 0. The maximum Gasteiger partial charge on any atom is 0.226 e. The summed E-state index contributed by atoms with van der Waals surface area (Å²) in [6.07, 6.45) is 9.34. The zero-order valence-corrected chi connectivity index (χ0v) is 13.9. The minimum atomic E-state index is 0. The third-order valence-corrected chi connectivity index (χ3v) is 6.62. The molecule has 1 amide bonds. The second kappa shape index (κ2) is 6.08. The second-order valence-corrected chi connectivity index (χ2v) is 7.91. The Balaban J connectivity index is 0.00000132. The van der Waals surface area contributed by atoms with Gasteiger partial charge in [0.2, 0.25) is 5.91 Å². The molecule has 0 aromatic carbocycles. The van der Waals surface area contributed by atoms with Crippen molar-refractivity contribution in [2.24, 2.45) is 29.6 Å². The van der Waals surface area contributed by atoms with Crippen molar-refractivity contribution in [3.05, 3.63) is 0 Å². The van der Waals surface area contributed by atoms with Crippen molar-refractivity contribution in [3.63, 3.8) is 0 Å². The molecule has 4 heteroatoms. The topological polar surface area (TPSA) is 32.3 Å². The van der Waals surface area contributed by atoms with Crippen LogP contribution in [0.4, 0.5) is 0 Å². The number of hydrogen-bond acceptors (Lipinski definition) is 2. The number of carbonyl (C=O) groups excluding carboxylic acids is 1. The van der Waals surface area contributed by atoms with E-state index in [-0.39, 0.29) is 18.3 Å². The fraction of sp³-hybridized carbons (Fsp3) is 0.941. The number of carbonyl (C=O) groups is 1. The van der Waals surface area contributed by atoms with Crippen molar-refractivity contribution in [3.8, 4) is 0 Å². The molecular formula is C17H29ClN2O. The lowest BCUT2D eigenvalue weighted by Gasteiger charge is -2.57. The Labute approximate surface area is 134 Å². The van der Waals surface area contributed by atoms with Gasteiger partial charge in [0.05, 0.1) is 5.92 Å². The smallest absolute Gasteiger partial charge is 0.226 e. The Morgan fingerprint density at radius 1 is 1.05 bits per heavy atom. The van der Waals surface area contributed by atoms with Crippen molar-refractivity contribution < 1.29 is 4.79 Å². The number of halogens is 1. The van der Waals surface area contributed by atoms with Crippen molar-refractivity contribution in [2.45, 2.75) is 51.0 Å². The molecule has 120 valence electrons. The van der Waals surface area contributed by atoms with Crippen LogP contribution in [0.2, 0.25) is 0 Å². The molecule has 4 saturated carbocycles. The molecule has 1 saturated heterocycles. The van der Waals surface area contributed by atoms with Crippen molar-refractivity contribution in [2.75, 3.05) is 20.1 Å². The van der Waals surface area contributed by atoms with Crippen LogP contribution in [0.1, 0.15) is 44.9 Å². The van der Waals surface area contributed by atoms with E-state index in [2.05, 4.69) is 17.3 Å². The van der Waals surface area contributed by atoms with Crippen LogP contribution >= 0.6 is 12.4 Å². The molecule has 21 heavy (non-hydrogen) atoms. The van der Waals surface area contributed by atoms with E-state index in [1.54, 1.807) is 0 Å². The van der Waals surface area contributed by atoms with Gasteiger partial charge in [-0.3, -0.25) is 4.79 Å². The van der Waals surface area contributed by atoms with Gasteiger partial charge >= 0.3 is 0 Å². The van der Waals surface area contributed by atoms with Gasteiger partial charge in [0.1, 0.15) is 0 Å². The average molecular weight is 313 g/mol.